The zero-order chi connectivity index (χ0) is 13.3. The van der Waals surface area contributed by atoms with E-state index in [2.05, 4.69) is 5.10 Å². The third kappa shape index (κ3) is 2.38. The topological polar surface area (TPSA) is 78.0 Å². The fraction of sp³-hybridized carbons (Fsp3) is 0.250. The molecule has 6 heteroatoms. The smallest absolute Gasteiger partial charge is 0.175 e. The highest BCUT2D eigenvalue weighted by molar-refractivity contribution is 7.90. The van der Waals surface area contributed by atoms with E-state index in [-0.39, 0.29) is 6.04 Å². The number of nitrogen functional groups attached to an aromatic ring is 1. The van der Waals surface area contributed by atoms with Crippen LogP contribution in [0, 0.1) is 0 Å². The maximum absolute atomic E-state index is 11.4. The van der Waals surface area contributed by atoms with Gasteiger partial charge in [-0.25, -0.2) is 13.1 Å². The molecule has 5 nitrogen and oxygen atoms in total. The Morgan fingerprint density at radius 1 is 1.22 bits per heavy atom. The second kappa shape index (κ2) is 4.45. The van der Waals surface area contributed by atoms with Gasteiger partial charge in [0.05, 0.1) is 17.1 Å². The average molecular weight is 265 g/mol. The highest BCUT2D eigenvalue weighted by Crippen LogP contribution is 2.21. The van der Waals surface area contributed by atoms with Gasteiger partial charge in [0.25, 0.3) is 0 Å². The highest BCUT2D eigenvalue weighted by Gasteiger charge is 2.12. The molecule has 0 spiro atoms. The molecule has 0 fully saturated rings. The van der Waals surface area contributed by atoms with Crippen LogP contribution < -0.4 is 5.73 Å². The van der Waals surface area contributed by atoms with E-state index >= 15 is 0 Å². The van der Waals surface area contributed by atoms with Crippen LogP contribution in [-0.2, 0) is 9.84 Å². The Hall–Kier alpha value is -1.82. The molecule has 18 heavy (non-hydrogen) atoms. The van der Waals surface area contributed by atoms with Crippen LogP contribution in [0.2, 0.25) is 0 Å². The molecule has 1 unspecified atom stereocenters. The van der Waals surface area contributed by atoms with Crippen LogP contribution in [0.25, 0.3) is 0 Å². The van der Waals surface area contributed by atoms with Crippen molar-refractivity contribution in [1.29, 1.82) is 0 Å². The van der Waals surface area contributed by atoms with Gasteiger partial charge in [0.15, 0.2) is 9.84 Å². The minimum Gasteiger partial charge on any atom is -0.384 e. The van der Waals surface area contributed by atoms with E-state index in [1.54, 1.807) is 41.2 Å². The monoisotopic (exact) mass is 265 g/mol. The highest BCUT2D eigenvalue weighted by atomic mass is 32.2. The molecule has 0 radical (unpaired) electrons. The lowest BCUT2D eigenvalue weighted by atomic mass is 10.1. The molecular formula is C12H15N3O2S. The summed E-state index contributed by atoms with van der Waals surface area (Å²) in [5.41, 5.74) is 6.74. The van der Waals surface area contributed by atoms with Crippen LogP contribution in [-0.4, -0.2) is 24.5 Å². The van der Waals surface area contributed by atoms with Gasteiger partial charge in [-0.2, -0.15) is 5.10 Å². The fourth-order valence-electron chi connectivity index (χ4n) is 1.78. The maximum Gasteiger partial charge on any atom is 0.175 e. The van der Waals surface area contributed by atoms with Gasteiger partial charge in [-0.15, -0.1) is 0 Å². The molecule has 2 rings (SSSR count). The number of hydrogen-bond acceptors (Lipinski definition) is 4. The van der Waals surface area contributed by atoms with Gasteiger partial charge in [-0.1, -0.05) is 12.1 Å². The third-order valence-electron chi connectivity index (χ3n) is 2.86. The Labute approximate surface area is 106 Å². The molecule has 0 saturated heterocycles. The van der Waals surface area contributed by atoms with Crippen LogP contribution in [0.1, 0.15) is 18.5 Å². The van der Waals surface area contributed by atoms with Gasteiger partial charge in [-0.3, -0.25) is 0 Å². The summed E-state index contributed by atoms with van der Waals surface area (Å²) in [7, 11) is -3.15. The molecule has 96 valence electrons. The SMILES string of the molecule is CC(c1ccc(S(C)(=O)=O)cc1)n1nccc1N. The Morgan fingerprint density at radius 3 is 2.28 bits per heavy atom. The Bertz CT molecular complexity index is 644. The lowest BCUT2D eigenvalue weighted by Crippen LogP contribution is -2.11. The number of rotatable bonds is 3. The van der Waals surface area contributed by atoms with Crippen LogP contribution in [0.5, 0.6) is 0 Å². The lowest BCUT2D eigenvalue weighted by Gasteiger charge is -2.14. The van der Waals surface area contributed by atoms with Crippen molar-refractivity contribution in [2.24, 2.45) is 0 Å². The molecule has 0 aliphatic carbocycles. The van der Waals surface area contributed by atoms with Crippen LogP contribution >= 0.6 is 0 Å². The molecule has 0 bridgehead atoms. The third-order valence-corrected chi connectivity index (χ3v) is 3.99. The minimum absolute atomic E-state index is 0.0337. The Morgan fingerprint density at radius 2 is 1.83 bits per heavy atom. The largest absolute Gasteiger partial charge is 0.384 e. The van der Waals surface area contributed by atoms with Gasteiger partial charge in [-0.05, 0) is 30.7 Å². The predicted octanol–water partition coefficient (Wildman–Crippen LogP) is 1.48. The van der Waals surface area contributed by atoms with E-state index in [4.69, 9.17) is 5.73 Å². The Kier molecular flexibility index (Phi) is 3.13. The zero-order valence-corrected chi connectivity index (χ0v) is 11.1. The normalized spacial score (nSPS) is 13.4. The summed E-state index contributed by atoms with van der Waals surface area (Å²) in [4.78, 5) is 0.312. The molecule has 2 N–H and O–H groups in total. The number of aromatic nitrogens is 2. The number of sulfone groups is 1. The van der Waals surface area contributed by atoms with E-state index < -0.39 is 9.84 Å². The van der Waals surface area contributed by atoms with Gasteiger partial charge in [0, 0.05) is 6.26 Å². The quantitative estimate of drug-likeness (QED) is 0.911. The van der Waals surface area contributed by atoms with Gasteiger partial charge >= 0.3 is 0 Å². The lowest BCUT2D eigenvalue weighted by molar-refractivity contribution is 0.572. The summed E-state index contributed by atoms with van der Waals surface area (Å²) in [6, 6.07) is 8.45. The summed E-state index contributed by atoms with van der Waals surface area (Å²) in [6.07, 6.45) is 2.83. The molecular weight excluding hydrogens is 250 g/mol. The van der Waals surface area contributed by atoms with Gasteiger partial charge in [0.1, 0.15) is 5.82 Å². The number of anilines is 1. The summed E-state index contributed by atoms with van der Waals surface area (Å²) in [6.45, 7) is 1.96. The molecule has 0 aliphatic rings. The second-order valence-corrected chi connectivity index (χ2v) is 6.23. The molecule has 1 aromatic heterocycles. The van der Waals surface area contributed by atoms with Crippen molar-refractivity contribution in [3.8, 4) is 0 Å². The van der Waals surface area contributed by atoms with Crippen molar-refractivity contribution in [3.63, 3.8) is 0 Å². The van der Waals surface area contributed by atoms with Crippen molar-refractivity contribution in [3.05, 3.63) is 42.1 Å². The molecule has 0 amide bonds. The summed E-state index contributed by atoms with van der Waals surface area (Å²) < 4.78 is 24.4. The first-order chi connectivity index (χ1) is 8.39. The first-order valence-electron chi connectivity index (χ1n) is 5.48. The van der Waals surface area contributed by atoms with Crippen molar-refractivity contribution in [2.45, 2.75) is 17.9 Å². The van der Waals surface area contributed by atoms with Crippen LogP contribution in [0.4, 0.5) is 5.82 Å². The molecule has 0 aliphatic heterocycles. The number of benzene rings is 1. The van der Waals surface area contributed by atoms with Crippen LogP contribution in [0.3, 0.4) is 0 Å². The van der Waals surface area contributed by atoms with E-state index in [1.807, 2.05) is 6.92 Å². The van der Waals surface area contributed by atoms with Crippen LogP contribution in [0.15, 0.2) is 41.4 Å². The van der Waals surface area contributed by atoms with Crippen molar-refractivity contribution in [1.82, 2.24) is 9.78 Å². The van der Waals surface area contributed by atoms with E-state index in [1.165, 1.54) is 6.26 Å². The van der Waals surface area contributed by atoms with Gasteiger partial charge < -0.3 is 5.73 Å². The molecule has 2 aromatic rings. The average Bonchev–Trinajstić information content (AvgIpc) is 2.73. The standard InChI is InChI=1S/C12H15N3O2S/c1-9(15-12(13)7-8-14-15)10-3-5-11(6-4-10)18(2,16)17/h3-9H,13H2,1-2H3. The van der Waals surface area contributed by atoms with E-state index in [0.717, 1.165) is 5.56 Å². The summed E-state index contributed by atoms with van der Waals surface area (Å²) in [5, 5.41) is 4.14. The predicted molar refractivity (Wildman–Crippen MR) is 70.0 cm³/mol. The first-order valence-corrected chi connectivity index (χ1v) is 7.38. The first kappa shape index (κ1) is 12.6. The number of hydrogen-bond donors (Lipinski definition) is 1. The van der Waals surface area contributed by atoms with Crippen molar-refractivity contribution >= 4 is 15.7 Å². The molecule has 0 saturated carbocycles. The minimum atomic E-state index is -3.15. The molecule has 1 aromatic carbocycles. The van der Waals surface area contributed by atoms with Crippen molar-refractivity contribution in [2.75, 3.05) is 12.0 Å². The number of nitrogens with two attached hydrogens (primary N) is 1. The summed E-state index contributed by atoms with van der Waals surface area (Å²) in [5.74, 6) is 0.578. The molecule has 1 atom stereocenters. The maximum atomic E-state index is 11.4. The summed E-state index contributed by atoms with van der Waals surface area (Å²) >= 11 is 0. The Balaban J connectivity index is 2.33. The number of nitrogens with zero attached hydrogens (tertiary/aromatic N) is 2. The molecule has 1 heterocycles. The zero-order valence-electron chi connectivity index (χ0n) is 10.2. The second-order valence-electron chi connectivity index (χ2n) is 4.22. The fourth-order valence-corrected chi connectivity index (χ4v) is 2.41. The van der Waals surface area contributed by atoms with Crippen molar-refractivity contribution < 1.29 is 8.42 Å². The van der Waals surface area contributed by atoms with E-state index in [0.29, 0.717) is 10.7 Å². The van der Waals surface area contributed by atoms with E-state index in [9.17, 15) is 8.42 Å². The van der Waals surface area contributed by atoms with Gasteiger partial charge in [0.2, 0.25) is 0 Å².